The fraction of sp³-hybridized carbons (Fsp3) is 0.600. The van der Waals surface area contributed by atoms with E-state index in [1.165, 1.54) is 0 Å². The summed E-state index contributed by atoms with van der Waals surface area (Å²) in [7, 11) is 0. The standard InChI is InChI=1S/C5H6F6N4O2/c6-3(7,1(16)14-12)5(10,11)4(8,9)2(17)15-13/h12-13H2,(H,14,16)(H,15,17). The lowest BCUT2D eigenvalue weighted by molar-refractivity contribution is -0.287. The summed E-state index contributed by atoms with van der Waals surface area (Å²) in [5.41, 5.74) is 1.15. The first-order chi connectivity index (χ1) is 7.46. The van der Waals surface area contributed by atoms with Crippen LogP contribution in [0.5, 0.6) is 0 Å². The first kappa shape index (κ1) is 15.4. The molecule has 0 aliphatic rings. The van der Waals surface area contributed by atoms with Gasteiger partial charge in [0.15, 0.2) is 0 Å². The number of nitrogens with two attached hydrogens (primary N) is 2. The van der Waals surface area contributed by atoms with Crippen LogP contribution in [-0.2, 0) is 9.59 Å². The Labute approximate surface area is 89.2 Å². The Kier molecular flexibility index (Phi) is 3.97. The molecule has 0 aromatic heterocycles. The molecular weight excluding hydrogens is 262 g/mol. The van der Waals surface area contributed by atoms with E-state index in [0.29, 0.717) is 10.9 Å². The number of alkyl halides is 6. The molecule has 12 heteroatoms. The molecule has 6 nitrogen and oxygen atoms in total. The summed E-state index contributed by atoms with van der Waals surface area (Å²) >= 11 is 0. The normalized spacial score (nSPS) is 13.2. The number of hydrogen-bond donors (Lipinski definition) is 4. The van der Waals surface area contributed by atoms with Gasteiger partial charge in [0.25, 0.3) is 0 Å². The topological polar surface area (TPSA) is 110 Å². The van der Waals surface area contributed by atoms with Crippen LogP contribution in [-0.4, -0.2) is 29.6 Å². The molecule has 2 amide bonds. The van der Waals surface area contributed by atoms with Gasteiger partial charge in [-0.3, -0.25) is 20.4 Å². The van der Waals surface area contributed by atoms with E-state index in [1.54, 1.807) is 0 Å². The van der Waals surface area contributed by atoms with Gasteiger partial charge in [-0.2, -0.15) is 26.3 Å². The minimum absolute atomic E-state index is 0.575. The van der Waals surface area contributed by atoms with Gasteiger partial charge in [-0.15, -0.1) is 0 Å². The van der Waals surface area contributed by atoms with Gasteiger partial charge >= 0.3 is 29.6 Å². The summed E-state index contributed by atoms with van der Waals surface area (Å²) in [5, 5.41) is 0. The Bertz CT molecular complexity index is 302. The minimum Gasteiger partial charge on any atom is -0.289 e. The van der Waals surface area contributed by atoms with Gasteiger partial charge in [0.1, 0.15) is 0 Å². The highest BCUT2D eigenvalue weighted by Gasteiger charge is 2.77. The van der Waals surface area contributed by atoms with E-state index in [0.717, 1.165) is 0 Å². The third kappa shape index (κ3) is 2.12. The molecule has 6 N–H and O–H groups in total. The van der Waals surface area contributed by atoms with Gasteiger partial charge < -0.3 is 0 Å². The number of halogens is 6. The molecule has 0 aliphatic heterocycles. The molecule has 0 radical (unpaired) electrons. The van der Waals surface area contributed by atoms with Gasteiger partial charge in [0.05, 0.1) is 0 Å². The molecule has 0 aliphatic carbocycles. The van der Waals surface area contributed by atoms with E-state index in [1.807, 2.05) is 0 Å². The Morgan fingerprint density at radius 1 is 0.765 bits per heavy atom. The second kappa shape index (κ2) is 4.37. The summed E-state index contributed by atoms with van der Waals surface area (Å²) < 4.78 is 76.0. The summed E-state index contributed by atoms with van der Waals surface area (Å²) in [4.78, 5) is 20.6. The Morgan fingerprint density at radius 2 is 1.00 bits per heavy atom. The zero-order chi connectivity index (χ0) is 14.1. The third-order valence-corrected chi connectivity index (χ3v) is 1.62. The van der Waals surface area contributed by atoms with Crippen molar-refractivity contribution in [3.05, 3.63) is 0 Å². The van der Waals surface area contributed by atoms with Gasteiger partial charge in [0, 0.05) is 0 Å². The first-order valence-electron chi connectivity index (χ1n) is 3.62. The Morgan fingerprint density at radius 3 is 1.18 bits per heavy atom. The molecular formula is C5H6F6N4O2. The van der Waals surface area contributed by atoms with Crippen molar-refractivity contribution in [3.63, 3.8) is 0 Å². The largest absolute Gasteiger partial charge is 0.394 e. The molecule has 0 aromatic carbocycles. The van der Waals surface area contributed by atoms with Crippen molar-refractivity contribution in [2.45, 2.75) is 17.8 Å². The van der Waals surface area contributed by atoms with Crippen LogP contribution >= 0.6 is 0 Å². The van der Waals surface area contributed by atoms with Crippen LogP contribution in [0.2, 0.25) is 0 Å². The summed E-state index contributed by atoms with van der Waals surface area (Å²) in [5.74, 6) is -15.6. The van der Waals surface area contributed by atoms with Crippen LogP contribution in [0.3, 0.4) is 0 Å². The van der Waals surface area contributed by atoms with Crippen molar-refractivity contribution in [2.24, 2.45) is 11.7 Å². The Hall–Kier alpha value is -1.56. The van der Waals surface area contributed by atoms with Crippen molar-refractivity contribution in [2.75, 3.05) is 0 Å². The lowest BCUT2D eigenvalue weighted by Gasteiger charge is -2.29. The second-order valence-corrected chi connectivity index (χ2v) is 2.67. The van der Waals surface area contributed by atoms with Crippen LogP contribution in [0.1, 0.15) is 0 Å². The summed E-state index contributed by atoms with van der Waals surface area (Å²) in [6.45, 7) is 0. The second-order valence-electron chi connectivity index (χ2n) is 2.67. The number of rotatable bonds is 4. The van der Waals surface area contributed by atoms with Crippen LogP contribution in [0.4, 0.5) is 26.3 Å². The van der Waals surface area contributed by atoms with Crippen molar-refractivity contribution < 1.29 is 35.9 Å². The fourth-order valence-electron chi connectivity index (χ4n) is 0.664. The smallest absolute Gasteiger partial charge is 0.289 e. The first-order valence-corrected chi connectivity index (χ1v) is 3.62. The van der Waals surface area contributed by atoms with E-state index in [-0.39, 0.29) is 0 Å². The zero-order valence-corrected chi connectivity index (χ0v) is 7.74. The number of hydrazine groups is 2. The molecule has 0 spiro atoms. The molecule has 0 heterocycles. The number of hydrogen-bond acceptors (Lipinski definition) is 4. The van der Waals surface area contributed by atoms with E-state index in [2.05, 4.69) is 11.7 Å². The van der Waals surface area contributed by atoms with E-state index in [9.17, 15) is 35.9 Å². The highest BCUT2D eigenvalue weighted by molar-refractivity contribution is 5.89. The van der Waals surface area contributed by atoms with E-state index >= 15 is 0 Å². The molecule has 17 heavy (non-hydrogen) atoms. The quantitative estimate of drug-likeness (QED) is 0.224. The maximum atomic E-state index is 12.7. The molecule has 100 valence electrons. The zero-order valence-electron chi connectivity index (χ0n) is 7.74. The van der Waals surface area contributed by atoms with Crippen LogP contribution in [0, 0.1) is 0 Å². The van der Waals surface area contributed by atoms with Crippen LogP contribution in [0.25, 0.3) is 0 Å². The van der Waals surface area contributed by atoms with Gasteiger partial charge in [0.2, 0.25) is 0 Å². The molecule has 0 bridgehead atoms. The third-order valence-electron chi connectivity index (χ3n) is 1.62. The summed E-state index contributed by atoms with van der Waals surface area (Å²) in [6.07, 6.45) is 0. The average molecular weight is 268 g/mol. The van der Waals surface area contributed by atoms with Crippen LogP contribution in [0.15, 0.2) is 0 Å². The SMILES string of the molecule is NNC(=O)C(F)(F)C(F)(F)C(F)(F)C(=O)NN. The maximum absolute atomic E-state index is 12.7. The van der Waals surface area contributed by atoms with Crippen LogP contribution < -0.4 is 22.5 Å². The average Bonchev–Trinajstić information content (AvgIpc) is 2.25. The maximum Gasteiger partial charge on any atom is 0.394 e. The van der Waals surface area contributed by atoms with Gasteiger partial charge in [-0.25, -0.2) is 11.7 Å². The molecule has 0 saturated heterocycles. The van der Waals surface area contributed by atoms with E-state index in [4.69, 9.17) is 0 Å². The molecule has 0 fully saturated rings. The Balaban J connectivity index is 5.54. The van der Waals surface area contributed by atoms with Gasteiger partial charge in [-0.1, -0.05) is 0 Å². The monoisotopic (exact) mass is 268 g/mol. The van der Waals surface area contributed by atoms with Crippen molar-refractivity contribution in [1.82, 2.24) is 10.9 Å². The number of carbonyl (C=O) groups excluding carboxylic acids is 2. The number of carbonyl (C=O) groups is 2. The van der Waals surface area contributed by atoms with Gasteiger partial charge in [-0.05, 0) is 0 Å². The lowest BCUT2D eigenvalue weighted by atomic mass is 10.0. The molecule has 0 unspecified atom stereocenters. The van der Waals surface area contributed by atoms with Crippen molar-refractivity contribution in [1.29, 1.82) is 0 Å². The molecule has 0 saturated carbocycles. The highest BCUT2D eigenvalue weighted by atomic mass is 19.3. The summed E-state index contributed by atoms with van der Waals surface area (Å²) in [6, 6.07) is 0. The predicted octanol–water partition coefficient (Wildman–Crippen LogP) is -1.13. The highest BCUT2D eigenvalue weighted by Crippen LogP contribution is 2.45. The van der Waals surface area contributed by atoms with E-state index < -0.39 is 29.6 Å². The number of amides is 2. The predicted molar refractivity (Wildman–Crippen MR) is 39.5 cm³/mol. The van der Waals surface area contributed by atoms with Crippen molar-refractivity contribution in [3.8, 4) is 0 Å². The molecule has 0 aromatic rings. The fourth-order valence-corrected chi connectivity index (χ4v) is 0.664. The lowest BCUT2D eigenvalue weighted by Crippen LogP contribution is -2.66. The molecule has 0 atom stereocenters. The minimum atomic E-state index is -6.31. The molecule has 0 rings (SSSR count). The van der Waals surface area contributed by atoms with Crippen molar-refractivity contribution >= 4 is 11.8 Å². The number of nitrogens with one attached hydrogen (secondary N) is 2.